The van der Waals surface area contributed by atoms with Gasteiger partial charge in [0.05, 0.1) is 24.8 Å². The van der Waals surface area contributed by atoms with Gasteiger partial charge in [0.15, 0.2) is 0 Å². The van der Waals surface area contributed by atoms with Crippen LogP contribution in [0.3, 0.4) is 0 Å². The Morgan fingerprint density at radius 2 is 2.14 bits per heavy atom. The molecule has 0 saturated carbocycles. The molecule has 0 aromatic carbocycles. The number of nitrogens with zero attached hydrogens (tertiary/aromatic N) is 2. The molecule has 2 amide bonds. The van der Waals surface area contributed by atoms with Crippen molar-refractivity contribution in [3.8, 4) is 0 Å². The van der Waals surface area contributed by atoms with Crippen LogP contribution in [0.4, 0.5) is 4.79 Å². The highest BCUT2D eigenvalue weighted by molar-refractivity contribution is 6.05. The molecule has 0 spiro atoms. The Balaban J connectivity index is 1.64. The average molecular weight is 390 g/mol. The fourth-order valence-electron chi connectivity index (χ4n) is 3.09. The minimum atomic E-state index is -0.565. The molecule has 1 atom stereocenters. The maximum atomic E-state index is 12.7. The van der Waals surface area contributed by atoms with Crippen molar-refractivity contribution in [2.45, 2.75) is 32.5 Å². The van der Waals surface area contributed by atoms with E-state index in [1.807, 2.05) is 20.8 Å². The molecule has 1 saturated heterocycles. The predicted molar refractivity (Wildman–Crippen MR) is 103 cm³/mol. The number of hydrogen-bond donors (Lipinski definition) is 2. The van der Waals surface area contributed by atoms with Gasteiger partial charge in [-0.15, -0.1) is 0 Å². The van der Waals surface area contributed by atoms with Crippen molar-refractivity contribution in [2.75, 3.05) is 26.2 Å². The Bertz CT molecular complexity index is 940. The number of carbonyl (C=O) groups is 2. The minimum absolute atomic E-state index is 0.194. The third-order valence-electron chi connectivity index (χ3n) is 4.42. The molecule has 3 heterocycles. The summed E-state index contributed by atoms with van der Waals surface area (Å²) >= 11 is 0. The second-order valence-corrected chi connectivity index (χ2v) is 7.85. The monoisotopic (exact) mass is 390 g/mol. The van der Waals surface area contributed by atoms with Gasteiger partial charge in [-0.2, -0.15) is 0 Å². The molecule has 2 aromatic heterocycles. The molecule has 0 aliphatic carbocycles. The van der Waals surface area contributed by atoms with E-state index in [1.165, 1.54) is 10.8 Å². The van der Waals surface area contributed by atoms with Gasteiger partial charge in [0, 0.05) is 37.9 Å². The van der Waals surface area contributed by atoms with E-state index in [4.69, 9.17) is 9.47 Å². The van der Waals surface area contributed by atoms with Crippen LogP contribution < -0.4 is 10.9 Å². The van der Waals surface area contributed by atoms with E-state index in [0.29, 0.717) is 36.2 Å². The van der Waals surface area contributed by atoms with Gasteiger partial charge in [-0.05, 0) is 26.8 Å². The zero-order valence-electron chi connectivity index (χ0n) is 16.6. The van der Waals surface area contributed by atoms with Crippen LogP contribution in [0.25, 0.3) is 10.9 Å². The lowest BCUT2D eigenvalue weighted by atomic mass is 10.1. The maximum absolute atomic E-state index is 12.7. The summed E-state index contributed by atoms with van der Waals surface area (Å²) < 4.78 is 12.4. The first-order valence-electron chi connectivity index (χ1n) is 9.20. The number of morpholine rings is 1. The minimum Gasteiger partial charge on any atom is -0.444 e. The largest absolute Gasteiger partial charge is 0.444 e. The standard InChI is InChI=1S/C19H26N4O5/c1-19(2,3)28-18(26)23-7-8-27-12(10-23)9-21-16(24)14-11-22(4)17(25)15-13(14)5-6-20-15/h5-6,11-12,20H,7-10H2,1-4H3,(H,21,24). The molecule has 1 aliphatic rings. The van der Waals surface area contributed by atoms with Crippen LogP contribution >= 0.6 is 0 Å². The number of H-pyrrole nitrogens is 1. The highest BCUT2D eigenvalue weighted by atomic mass is 16.6. The Hall–Kier alpha value is -2.81. The molecule has 9 heteroatoms. The molecule has 1 unspecified atom stereocenters. The summed E-state index contributed by atoms with van der Waals surface area (Å²) in [5.41, 5.74) is 0.0306. The fourth-order valence-corrected chi connectivity index (χ4v) is 3.09. The first kappa shape index (κ1) is 19.9. The lowest BCUT2D eigenvalue weighted by Gasteiger charge is -2.34. The Morgan fingerprint density at radius 3 is 2.86 bits per heavy atom. The molecule has 2 N–H and O–H groups in total. The highest BCUT2D eigenvalue weighted by Gasteiger charge is 2.28. The van der Waals surface area contributed by atoms with Crippen LogP contribution in [-0.2, 0) is 16.5 Å². The lowest BCUT2D eigenvalue weighted by Crippen LogP contribution is -2.50. The average Bonchev–Trinajstić information content (AvgIpc) is 3.11. The number of nitrogens with one attached hydrogen (secondary N) is 2. The van der Waals surface area contributed by atoms with E-state index in [2.05, 4.69) is 10.3 Å². The summed E-state index contributed by atoms with van der Waals surface area (Å²) in [5, 5.41) is 3.40. The molecule has 3 rings (SSSR count). The number of fused-ring (bicyclic) bond motifs is 1. The SMILES string of the molecule is Cn1cc(C(=O)NCC2CN(C(=O)OC(C)(C)C)CCO2)c2cc[nH]c2c1=O. The second-order valence-electron chi connectivity index (χ2n) is 7.85. The second kappa shape index (κ2) is 7.67. The van der Waals surface area contributed by atoms with Crippen molar-refractivity contribution in [1.82, 2.24) is 19.8 Å². The summed E-state index contributed by atoms with van der Waals surface area (Å²) in [6.45, 7) is 6.86. The molecule has 9 nitrogen and oxygen atoms in total. The number of aromatic amines is 1. The third kappa shape index (κ3) is 4.36. The van der Waals surface area contributed by atoms with E-state index >= 15 is 0 Å². The zero-order chi connectivity index (χ0) is 20.5. The normalized spacial score (nSPS) is 17.6. The van der Waals surface area contributed by atoms with Crippen LogP contribution in [0.1, 0.15) is 31.1 Å². The highest BCUT2D eigenvalue weighted by Crippen LogP contribution is 2.15. The summed E-state index contributed by atoms with van der Waals surface area (Å²) in [7, 11) is 1.60. The lowest BCUT2D eigenvalue weighted by molar-refractivity contribution is -0.0404. The number of carbonyl (C=O) groups excluding carboxylic acids is 2. The number of ether oxygens (including phenoxy) is 2. The molecule has 28 heavy (non-hydrogen) atoms. The molecular weight excluding hydrogens is 364 g/mol. The Kier molecular flexibility index (Phi) is 5.46. The molecule has 0 bridgehead atoms. The van der Waals surface area contributed by atoms with Gasteiger partial charge in [0.1, 0.15) is 11.1 Å². The van der Waals surface area contributed by atoms with Crippen molar-refractivity contribution in [3.05, 3.63) is 34.4 Å². The number of hydrogen-bond acceptors (Lipinski definition) is 5. The van der Waals surface area contributed by atoms with Crippen molar-refractivity contribution < 1.29 is 19.1 Å². The Morgan fingerprint density at radius 1 is 1.39 bits per heavy atom. The predicted octanol–water partition coefficient (Wildman–Crippen LogP) is 1.23. The van der Waals surface area contributed by atoms with Crippen molar-refractivity contribution in [1.29, 1.82) is 0 Å². The van der Waals surface area contributed by atoms with Crippen LogP contribution in [0.2, 0.25) is 0 Å². The quantitative estimate of drug-likeness (QED) is 0.820. The number of amides is 2. The van der Waals surface area contributed by atoms with Gasteiger partial charge in [-0.25, -0.2) is 4.79 Å². The van der Waals surface area contributed by atoms with Crippen LogP contribution in [0, 0.1) is 0 Å². The number of rotatable bonds is 3. The number of aromatic nitrogens is 2. The summed E-state index contributed by atoms with van der Waals surface area (Å²) in [5.74, 6) is -0.307. The number of aryl methyl sites for hydroxylation is 1. The molecular formula is C19H26N4O5. The molecule has 1 fully saturated rings. The summed E-state index contributed by atoms with van der Waals surface area (Å²) in [6, 6.07) is 1.70. The van der Waals surface area contributed by atoms with Crippen molar-refractivity contribution in [2.24, 2.45) is 7.05 Å². The van der Waals surface area contributed by atoms with E-state index in [-0.39, 0.29) is 30.2 Å². The first-order chi connectivity index (χ1) is 13.2. The van der Waals surface area contributed by atoms with Crippen LogP contribution in [0.5, 0.6) is 0 Å². The molecule has 2 aromatic rings. The van der Waals surface area contributed by atoms with Crippen molar-refractivity contribution in [3.63, 3.8) is 0 Å². The van der Waals surface area contributed by atoms with Gasteiger partial charge >= 0.3 is 6.09 Å². The summed E-state index contributed by atoms with van der Waals surface area (Å²) in [4.78, 5) is 41.4. The van der Waals surface area contributed by atoms with Crippen LogP contribution in [-0.4, -0.2) is 64.4 Å². The molecule has 0 radical (unpaired) electrons. The topological polar surface area (TPSA) is 106 Å². The van der Waals surface area contributed by atoms with Gasteiger partial charge in [-0.1, -0.05) is 0 Å². The maximum Gasteiger partial charge on any atom is 0.410 e. The van der Waals surface area contributed by atoms with Gasteiger partial charge in [-0.3, -0.25) is 9.59 Å². The third-order valence-corrected chi connectivity index (χ3v) is 4.42. The van der Waals surface area contributed by atoms with Gasteiger partial charge in [0.25, 0.3) is 11.5 Å². The van der Waals surface area contributed by atoms with E-state index < -0.39 is 5.60 Å². The zero-order valence-corrected chi connectivity index (χ0v) is 16.6. The van der Waals surface area contributed by atoms with E-state index in [1.54, 1.807) is 24.2 Å². The van der Waals surface area contributed by atoms with E-state index in [9.17, 15) is 14.4 Å². The fraction of sp³-hybridized carbons (Fsp3) is 0.526. The Labute approximate surface area is 162 Å². The van der Waals surface area contributed by atoms with Gasteiger partial charge in [0.2, 0.25) is 0 Å². The molecule has 152 valence electrons. The van der Waals surface area contributed by atoms with Gasteiger partial charge < -0.3 is 29.2 Å². The van der Waals surface area contributed by atoms with Crippen molar-refractivity contribution >= 4 is 22.9 Å². The first-order valence-corrected chi connectivity index (χ1v) is 9.20. The smallest absolute Gasteiger partial charge is 0.410 e. The van der Waals surface area contributed by atoms with E-state index in [0.717, 1.165) is 0 Å². The number of pyridine rings is 1. The summed E-state index contributed by atoms with van der Waals surface area (Å²) in [6.07, 6.45) is 2.42. The van der Waals surface area contributed by atoms with Crippen LogP contribution in [0.15, 0.2) is 23.3 Å². The molecule has 1 aliphatic heterocycles.